The zero-order valence-corrected chi connectivity index (χ0v) is 10.7. The van der Waals surface area contributed by atoms with Gasteiger partial charge in [-0.15, -0.1) is 0 Å². The molecular formula is C13H22N2O2. The number of carbonyl (C=O) groups is 2. The molecule has 4 nitrogen and oxygen atoms in total. The van der Waals surface area contributed by atoms with Crippen molar-refractivity contribution in [2.24, 2.45) is 11.8 Å². The lowest BCUT2D eigenvalue weighted by atomic mass is 9.89. The van der Waals surface area contributed by atoms with Gasteiger partial charge in [0, 0.05) is 33.0 Å². The predicted molar refractivity (Wildman–Crippen MR) is 65.3 cm³/mol. The van der Waals surface area contributed by atoms with Gasteiger partial charge in [0.05, 0.1) is 0 Å². The van der Waals surface area contributed by atoms with Crippen molar-refractivity contribution in [1.82, 2.24) is 10.2 Å². The molecular weight excluding hydrogens is 216 g/mol. The SMILES string of the molecule is CC(=O)NC1CC(CC2CC2)CN(C(C)=O)C1. The zero-order valence-electron chi connectivity index (χ0n) is 10.7. The number of piperidine rings is 1. The number of nitrogens with one attached hydrogen (secondary N) is 1. The van der Waals surface area contributed by atoms with Gasteiger partial charge in [-0.3, -0.25) is 9.59 Å². The molecule has 2 rings (SSSR count). The van der Waals surface area contributed by atoms with Gasteiger partial charge in [0.1, 0.15) is 0 Å². The molecule has 2 amide bonds. The van der Waals surface area contributed by atoms with Gasteiger partial charge in [-0.1, -0.05) is 12.8 Å². The molecule has 1 saturated heterocycles. The van der Waals surface area contributed by atoms with Gasteiger partial charge in [-0.2, -0.15) is 0 Å². The Labute approximate surface area is 103 Å². The van der Waals surface area contributed by atoms with Crippen molar-refractivity contribution in [3.8, 4) is 0 Å². The van der Waals surface area contributed by atoms with Crippen LogP contribution in [0.3, 0.4) is 0 Å². The van der Waals surface area contributed by atoms with Gasteiger partial charge < -0.3 is 10.2 Å². The lowest BCUT2D eigenvalue weighted by Gasteiger charge is -2.37. The molecule has 1 aliphatic heterocycles. The smallest absolute Gasteiger partial charge is 0.219 e. The van der Waals surface area contributed by atoms with Crippen molar-refractivity contribution in [3.05, 3.63) is 0 Å². The van der Waals surface area contributed by atoms with E-state index in [1.165, 1.54) is 19.3 Å². The number of hydrogen-bond acceptors (Lipinski definition) is 2. The molecule has 0 aromatic carbocycles. The summed E-state index contributed by atoms with van der Waals surface area (Å²) in [5.74, 6) is 1.58. The van der Waals surface area contributed by atoms with E-state index in [4.69, 9.17) is 0 Å². The van der Waals surface area contributed by atoms with E-state index in [-0.39, 0.29) is 17.9 Å². The van der Waals surface area contributed by atoms with Crippen molar-refractivity contribution in [1.29, 1.82) is 0 Å². The van der Waals surface area contributed by atoms with Crippen molar-refractivity contribution >= 4 is 11.8 Å². The van der Waals surface area contributed by atoms with Crippen molar-refractivity contribution in [2.75, 3.05) is 13.1 Å². The Morgan fingerprint density at radius 3 is 2.41 bits per heavy atom. The minimum atomic E-state index is 0.00516. The van der Waals surface area contributed by atoms with Crippen LogP contribution in [-0.4, -0.2) is 35.8 Å². The topological polar surface area (TPSA) is 49.4 Å². The number of hydrogen-bond donors (Lipinski definition) is 1. The van der Waals surface area contributed by atoms with Gasteiger partial charge in [-0.05, 0) is 24.7 Å². The van der Waals surface area contributed by atoms with Gasteiger partial charge in [0.15, 0.2) is 0 Å². The second-order valence-electron chi connectivity index (χ2n) is 5.60. The highest BCUT2D eigenvalue weighted by molar-refractivity contribution is 5.74. The van der Waals surface area contributed by atoms with E-state index < -0.39 is 0 Å². The van der Waals surface area contributed by atoms with E-state index in [2.05, 4.69) is 5.32 Å². The summed E-state index contributed by atoms with van der Waals surface area (Å²) in [5.41, 5.74) is 0. The van der Waals surface area contributed by atoms with Crippen LogP contribution in [0, 0.1) is 11.8 Å². The Balaban J connectivity index is 1.92. The summed E-state index contributed by atoms with van der Waals surface area (Å²) in [4.78, 5) is 24.5. The molecule has 0 aromatic heterocycles. The fourth-order valence-corrected chi connectivity index (χ4v) is 2.85. The molecule has 96 valence electrons. The van der Waals surface area contributed by atoms with Gasteiger partial charge in [0.25, 0.3) is 0 Å². The molecule has 2 unspecified atom stereocenters. The zero-order chi connectivity index (χ0) is 12.4. The average molecular weight is 238 g/mol. The van der Waals surface area contributed by atoms with Gasteiger partial charge in [-0.25, -0.2) is 0 Å². The van der Waals surface area contributed by atoms with Crippen LogP contribution in [0.15, 0.2) is 0 Å². The lowest BCUT2D eigenvalue weighted by Crippen LogP contribution is -2.51. The maximum Gasteiger partial charge on any atom is 0.219 e. The maximum atomic E-state index is 11.5. The molecule has 0 aromatic rings. The number of carbonyl (C=O) groups excluding carboxylic acids is 2. The van der Waals surface area contributed by atoms with E-state index in [1.807, 2.05) is 4.90 Å². The summed E-state index contributed by atoms with van der Waals surface area (Å²) >= 11 is 0. The average Bonchev–Trinajstić information content (AvgIpc) is 3.00. The van der Waals surface area contributed by atoms with Crippen molar-refractivity contribution < 1.29 is 9.59 Å². The summed E-state index contributed by atoms with van der Waals surface area (Å²) in [7, 11) is 0. The van der Waals surface area contributed by atoms with Crippen LogP contribution < -0.4 is 5.32 Å². The molecule has 0 radical (unpaired) electrons. The third-order valence-electron chi connectivity index (χ3n) is 3.75. The van der Waals surface area contributed by atoms with E-state index in [9.17, 15) is 9.59 Å². The fourth-order valence-electron chi connectivity index (χ4n) is 2.85. The monoisotopic (exact) mass is 238 g/mol. The molecule has 1 N–H and O–H groups in total. The number of amides is 2. The standard InChI is InChI=1S/C13H22N2O2/c1-9(16)14-13-6-12(5-11-3-4-11)7-15(8-13)10(2)17/h11-13H,3-8H2,1-2H3,(H,14,16). The Hall–Kier alpha value is -1.06. The minimum absolute atomic E-state index is 0.00516. The normalized spacial score (nSPS) is 28.9. The minimum Gasteiger partial charge on any atom is -0.352 e. The molecule has 2 fully saturated rings. The largest absolute Gasteiger partial charge is 0.352 e. The first kappa shape index (κ1) is 12.4. The fraction of sp³-hybridized carbons (Fsp3) is 0.846. The van der Waals surface area contributed by atoms with Crippen LogP contribution in [0.1, 0.15) is 39.5 Å². The Morgan fingerprint density at radius 2 is 1.88 bits per heavy atom. The van der Waals surface area contributed by atoms with Crippen LogP contribution in [0.4, 0.5) is 0 Å². The molecule has 2 atom stereocenters. The molecule has 17 heavy (non-hydrogen) atoms. The lowest BCUT2D eigenvalue weighted by molar-refractivity contribution is -0.132. The molecule has 0 bridgehead atoms. The van der Waals surface area contributed by atoms with Crippen LogP contribution in [0.25, 0.3) is 0 Å². The summed E-state index contributed by atoms with van der Waals surface area (Å²) in [6.45, 7) is 4.71. The first-order valence-corrected chi connectivity index (χ1v) is 6.57. The quantitative estimate of drug-likeness (QED) is 0.802. The van der Waals surface area contributed by atoms with Crippen molar-refractivity contribution in [2.45, 2.75) is 45.6 Å². The molecule has 1 saturated carbocycles. The van der Waals surface area contributed by atoms with E-state index in [0.717, 1.165) is 18.9 Å². The molecule has 2 aliphatic rings. The highest BCUT2D eigenvalue weighted by Crippen LogP contribution is 2.37. The number of nitrogens with zero attached hydrogens (tertiary/aromatic N) is 1. The van der Waals surface area contributed by atoms with Gasteiger partial charge >= 0.3 is 0 Å². The van der Waals surface area contributed by atoms with Gasteiger partial charge in [0.2, 0.25) is 11.8 Å². The van der Waals surface area contributed by atoms with E-state index in [0.29, 0.717) is 12.5 Å². The highest BCUT2D eigenvalue weighted by atomic mass is 16.2. The predicted octanol–water partition coefficient (Wildman–Crippen LogP) is 1.16. The van der Waals surface area contributed by atoms with Crippen LogP contribution in [-0.2, 0) is 9.59 Å². The molecule has 0 spiro atoms. The van der Waals surface area contributed by atoms with E-state index >= 15 is 0 Å². The Morgan fingerprint density at radius 1 is 1.18 bits per heavy atom. The third-order valence-corrected chi connectivity index (χ3v) is 3.75. The van der Waals surface area contributed by atoms with Crippen LogP contribution in [0.2, 0.25) is 0 Å². The molecule has 1 heterocycles. The van der Waals surface area contributed by atoms with Crippen molar-refractivity contribution in [3.63, 3.8) is 0 Å². The van der Waals surface area contributed by atoms with Crippen LogP contribution in [0.5, 0.6) is 0 Å². The Kier molecular flexibility index (Phi) is 3.69. The molecule has 1 aliphatic carbocycles. The number of likely N-dealkylation sites (tertiary alicyclic amines) is 1. The summed E-state index contributed by atoms with van der Waals surface area (Å²) in [6, 6.07) is 0.147. The maximum absolute atomic E-state index is 11.5. The first-order valence-electron chi connectivity index (χ1n) is 6.57. The third kappa shape index (κ3) is 3.72. The first-order chi connectivity index (χ1) is 8.04. The number of rotatable bonds is 3. The molecule has 4 heteroatoms. The Bertz CT molecular complexity index is 313. The van der Waals surface area contributed by atoms with E-state index in [1.54, 1.807) is 13.8 Å². The summed E-state index contributed by atoms with van der Waals surface area (Å²) in [6.07, 6.45) is 4.95. The second kappa shape index (κ2) is 5.07. The summed E-state index contributed by atoms with van der Waals surface area (Å²) < 4.78 is 0. The van der Waals surface area contributed by atoms with Crippen LogP contribution >= 0.6 is 0 Å². The second-order valence-corrected chi connectivity index (χ2v) is 5.60. The summed E-state index contributed by atoms with van der Waals surface area (Å²) in [5, 5.41) is 2.96. The highest BCUT2D eigenvalue weighted by Gasteiger charge is 2.33.